The summed E-state index contributed by atoms with van der Waals surface area (Å²) in [6.45, 7) is 1.67. The van der Waals surface area contributed by atoms with Crippen molar-refractivity contribution in [3.63, 3.8) is 0 Å². The summed E-state index contributed by atoms with van der Waals surface area (Å²) >= 11 is 0. The molecule has 7 nitrogen and oxygen atoms in total. The SMILES string of the molecule is Cc1cc(NC(=O)c2ccc(S(=O)(=O)Nc3ccc(F)cc3F)cc2)no1. The highest BCUT2D eigenvalue weighted by Crippen LogP contribution is 2.20. The molecule has 0 unspecified atom stereocenters. The van der Waals surface area contributed by atoms with E-state index in [1.54, 1.807) is 6.92 Å². The van der Waals surface area contributed by atoms with Crippen LogP contribution in [0.25, 0.3) is 0 Å². The number of carbonyl (C=O) groups excluding carboxylic acids is 1. The Morgan fingerprint density at radius 3 is 2.37 bits per heavy atom. The summed E-state index contributed by atoms with van der Waals surface area (Å²) in [5.74, 6) is -1.64. The highest BCUT2D eigenvalue weighted by atomic mass is 32.2. The smallest absolute Gasteiger partial charge is 0.261 e. The molecule has 2 aromatic carbocycles. The zero-order valence-electron chi connectivity index (χ0n) is 13.9. The zero-order valence-corrected chi connectivity index (χ0v) is 14.7. The van der Waals surface area contributed by atoms with E-state index >= 15 is 0 Å². The lowest BCUT2D eigenvalue weighted by molar-refractivity contribution is 0.102. The van der Waals surface area contributed by atoms with E-state index < -0.39 is 27.6 Å². The van der Waals surface area contributed by atoms with Gasteiger partial charge in [0.25, 0.3) is 15.9 Å². The van der Waals surface area contributed by atoms with E-state index in [2.05, 4.69) is 10.5 Å². The molecular weight excluding hydrogens is 380 g/mol. The number of benzene rings is 2. The first-order valence-corrected chi connectivity index (χ1v) is 9.05. The van der Waals surface area contributed by atoms with Crippen LogP contribution >= 0.6 is 0 Å². The number of nitrogens with zero attached hydrogens (tertiary/aromatic N) is 1. The van der Waals surface area contributed by atoms with E-state index in [1.807, 2.05) is 4.72 Å². The van der Waals surface area contributed by atoms with Crippen LogP contribution in [0, 0.1) is 18.6 Å². The molecule has 27 heavy (non-hydrogen) atoms. The van der Waals surface area contributed by atoms with Gasteiger partial charge in [-0.2, -0.15) is 0 Å². The molecule has 0 atom stereocenters. The number of halogens is 2. The minimum absolute atomic E-state index is 0.183. The van der Waals surface area contributed by atoms with Crippen molar-refractivity contribution in [1.82, 2.24) is 5.16 Å². The largest absolute Gasteiger partial charge is 0.360 e. The molecule has 0 bridgehead atoms. The maximum Gasteiger partial charge on any atom is 0.261 e. The van der Waals surface area contributed by atoms with Gasteiger partial charge in [-0.15, -0.1) is 0 Å². The van der Waals surface area contributed by atoms with Crippen LogP contribution in [-0.4, -0.2) is 19.5 Å². The molecule has 3 aromatic rings. The van der Waals surface area contributed by atoms with E-state index in [0.717, 1.165) is 12.1 Å². The third kappa shape index (κ3) is 4.29. The van der Waals surface area contributed by atoms with Crippen molar-refractivity contribution in [1.29, 1.82) is 0 Å². The minimum Gasteiger partial charge on any atom is -0.360 e. The van der Waals surface area contributed by atoms with Crippen molar-refractivity contribution in [2.75, 3.05) is 10.0 Å². The van der Waals surface area contributed by atoms with Gasteiger partial charge >= 0.3 is 0 Å². The predicted octanol–water partition coefficient (Wildman–Crippen LogP) is 3.31. The molecule has 10 heteroatoms. The number of hydrogen-bond acceptors (Lipinski definition) is 5. The van der Waals surface area contributed by atoms with Gasteiger partial charge in [-0.1, -0.05) is 5.16 Å². The number of hydrogen-bond donors (Lipinski definition) is 2. The Morgan fingerprint density at radius 2 is 1.78 bits per heavy atom. The van der Waals surface area contributed by atoms with Gasteiger partial charge in [0, 0.05) is 17.7 Å². The van der Waals surface area contributed by atoms with E-state index in [1.165, 1.54) is 30.3 Å². The average Bonchev–Trinajstić information content (AvgIpc) is 3.02. The van der Waals surface area contributed by atoms with Crippen LogP contribution in [0.3, 0.4) is 0 Å². The molecule has 140 valence electrons. The van der Waals surface area contributed by atoms with Gasteiger partial charge in [0.1, 0.15) is 17.4 Å². The van der Waals surface area contributed by atoms with Crippen LogP contribution in [-0.2, 0) is 10.0 Å². The molecule has 0 saturated heterocycles. The molecule has 0 fully saturated rings. The van der Waals surface area contributed by atoms with E-state index in [-0.39, 0.29) is 22.0 Å². The van der Waals surface area contributed by atoms with Gasteiger partial charge in [-0.25, -0.2) is 17.2 Å². The van der Waals surface area contributed by atoms with Crippen LogP contribution in [0.4, 0.5) is 20.3 Å². The van der Waals surface area contributed by atoms with Gasteiger partial charge in [-0.3, -0.25) is 9.52 Å². The molecule has 0 radical (unpaired) electrons. The normalized spacial score (nSPS) is 11.2. The zero-order chi connectivity index (χ0) is 19.6. The quantitative estimate of drug-likeness (QED) is 0.693. The molecule has 1 aromatic heterocycles. The Balaban J connectivity index is 1.76. The minimum atomic E-state index is -4.12. The van der Waals surface area contributed by atoms with Crippen molar-refractivity contribution < 1.29 is 26.5 Å². The van der Waals surface area contributed by atoms with E-state index in [0.29, 0.717) is 11.8 Å². The van der Waals surface area contributed by atoms with Crippen LogP contribution in [0.5, 0.6) is 0 Å². The number of rotatable bonds is 5. The van der Waals surface area contributed by atoms with Crippen molar-refractivity contribution in [3.8, 4) is 0 Å². The second-order valence-corrected chi connectivity index (χ2v) is 7.21. The fourth-order valence-corrected chi connectivity index (χ4v) is 3.24. The van der Waals surface area contributed by atoms with Crippen LogP contribution in [0.2, 0.25) is 0 Å². The van der Waals surface area contributed by atoms with Gasteiger partial charge in [0.15, 0.2) is 5.82 Å². The monoisotopic (exact) mass is 393 g/mol. The first-order chi connectivity index (χ1) is 12.7. The van der Waals surface area contributed by atoms with Crippen LogP contribution in [0.15, 0.2) is 57.9 Å². The van der Waals surface area contributed by atoms with Crippen molar-refractivity contribution in [2.24, 2.45) is 0 Å². The van der Waals surface area contributed by atoms with Gasteiger partial charge in [-0.05, 0) is 43.3 Å². The summed E-state index contributed by atoms with van der Waals surface area (Å²) in [6.07, 6.45) is 0. The number of aromatic nitrogens is 1. The first kappa shape index (κ1) is 18.5. The molecule has 0 aliphatic rings. The predicted molar refractivity (Wildman–Crippen MR) is 92.8 cm³/mol. The third-order valence-corrected chi connectivity index (χ3v) is 4.85. The lowest BCUT2D eigenvalue weighted by atomic mass is 10.2. The molecule has 1 heterocycles. The molecule has 0 spiro atoms. The van der Waals surface area contributed by atoms with Crippen LogP contribution in [0.1, 0.15) is 16.1 Å². The topological polar surface area (TPSA) is 101 Å². The molecule has 3 rings (SSSR count). The number of aryl methyl sites for hydroxylation is 1. The second kappa shape index (κ2) is 7.16. The summed E-state index contributed by atoms with van der Waals surface area (Å²) in [5, 5.41) is 6.12. The summed E-state index contributed by atoms with van der Waals surface area (Å²) in [5.41, 5.74) is -0.206. The number of anilines is 2. The fourth-order valence-electron chi connectivity index (χ4n) is 2.18. The number of carbonyl (C=O) groups is 1. The molecule has 1 amide bonds. The van der Waals surface area contributed by atoms with Gasteiger partial charge in [0.05, 0.1) is 10.6 Å². The Morgan fingerprint density at radius 1 is 1.07 bits per heavy atom. The lowest BCUT2D eigenvalue weighted by Crippen LogP contribution is -2.15. The lowest BCUT2D eigenvalue weighted by Gasteiger charge is -2.09. The third-order valence-electron chi connectivity index (χ3n) is 3.47. The summed E-state index contributed by atoms with van der Waals surface area (Å²) in [6, 6.07) is 8.95. The Labute approximate surface area is 153 Å². The number of nitrogens with one attached hydrogen (secondary N) is 2. The standard InChI is InChI=1S/C17H13F2N3O4S/c1-10-8-16(21-26-10)20-17(23)11-2-5-13(6-3-11)27(24,25)22-15-7-4-12(18)9-14(15)19/h2-9,22H,1H3,(H,20,21,23). The molecule has 2 N–H and O–H groups in total. The van der Waals surface area contributed by atoms with E-state index in [4.69, 9.17) is 4.52 Å². The van der Waals surface area contributed by atoms with Crippen molar-refractivity contribution in [2.45, 2.75) is 11.8 Å². The van der Waals surface area contributed by atoms with Crippen molar-refractivity contribution >= 4 is 27.4 Å². The number of sulfonamides is 1. The highest BCUT2D eigenvalue weighted by Gasteiger charge is 2.18. The van der Waals surface area contributed by atoms with Gasteiger partial charge in [0.2, 0.25) is 0 Å². The highest BCUT2D eigenvalue weighted by molar-refractivity contribution is 7.92. The van der Waals surface area contributed by atoms with E-state index in [9.17, 15) is 22.0 Å². The van der Waals surface area contributed by atoms with Gasteiger partial charge < -0.3 is 9.84 Å². The second-order valence-electron chi connectivity index (χ2n) is 5.53. The Bertz CT molecular complexity index is 1100. The van der Waals surface area contributed by atoms with Crippen LogP contribution < -0.4 is 10.0 Å². The summed E-state index contributed by atoms with van der Waals surface area (Å²) < 4.78 is 58.1. The first-order valence-electron chi connectivity index (χ1n) is 7.57. The fraction of sp³-hybridized carbons (Fsp3) is 0.0588. The van der Waals surface area contributed by atoms with Crippen molar-refractivity contribution in [3.05, 3.63) is 71.5 Å². The molecule has 0 aliphatic heterocycles. The summed E-state index contributed by atoms with van der Waals surface area (Å²) in [7, 11) is -4.12. The molecule has 0 aliphatic carbocycles. The Hall–Kier alpha value is -3.27. The summed E-state index contributed by atoms with van der Waals surface area (Å²) in [4.78, 5) is 11.9. The average molecular weight is 393 g/mol. The number of amides is 1. The Kier molecular flexibility index (Phi) is 4.91. The maximum atomic E-state index is 13.6. The molecule has 0 saturated carbocycles. The molecular formula is C17H13F2N3O4S. The maximum absolute atomic E-state index is 13.6.